The molecule has 1 N–H and O–H groups in total. The maximum Gasteiger partial charge on any atom is 0.125 e. The summed E-state index contributed by atoms with van der Waals surface area (Å²) in [5.74, 6) is 0.496. The van der Waals surface area contributed by atoms with E-state index in [0.717, 1.165) is 31.7 Å². The smallest absolute Gasteiger partial charge is 0.125 e. The summed E-state index contributed by atoms with van der Waals surface area (Å²) in [7, 11) is 0. The van der Waals surface area contributed by atoms with Crippen LogP contribution < -0.4 is 10.2 Å². The van der Waals surface area contributed by atoms with Gasteiger partial charge in [-0.3, -0.25) is 0 Å². The second-order valence-electron chi connectivity index (χ2n) is 6.46. The normalized spacial score (nSPS) is 21.4. The lowest BCUT2D eigenvalue weighted by Crippen LogP contribution is -2.49. The third-order valence-electron chi connectivity index (χ3n) is 4.73. The maximum absolute atomic E-state index is 13.5. The van der Waals surface area contributed by atoms with Gasteiger partial charge >= 0.3 is 0 Å². The molecule has 0 saturated carbocycles. The van der Waals surface area contributed by atoms with Gasteiger partial charge in [-0.25, -0.2) is 4.39 Å². The number of nitrogens with zero attached hydrogens (tertiary/aromatic N) is 1. The molecular weight excluding hydrogens is 287 g/mol. The Hall–Kier alpha value is -1.87. The number of anilines is 1. The fraction of sp³-hybridized carbons (Fsp3) is 0.400. The molecule has 2 aromatic rings. The van der Waals surface area contributed by atoms with E-state index < -0.39 is 0 Å². The van der Waals surface area contributed by atoms with E-state index in [0.29, 0.717) is 12.0 Å². The highest BCUT2D eigenvalue weighted by Crippen LogP contribution is 2.25. The summed E-state index contributed by atoms with van der Waals surface area (Å²) >= 11 is 0. The van der Waals surface area contributed by atoms with Gasteiger partial charge in [0.25, 0.3) is 0 Å². The standard InChI is InChI=1S/C20H25FN2/c1-2-16-11-19(22-13-17-7-4-3-5-8-17)15-23(14-16)20-10-6-9-18(21)12-20/h3-10,12,16,19,22H,2,11,13-15H2,1H3. The lowest BCUT2D eigenvalue weighted by molar-refractivity contribution is 0.325. The van der Waals surface area contributed by atoms with Crippen LogP contribution in [-0.2, 0) is 6.54 Å². The number of piperidine rings is 1. The monoisotopic (exact) mass is 312 g/mol. The Morgan fingerprint density at radius 2 is 1.91 bits per heavy atom. The molecule has 23 heavy (non-hydrogen) atoms. The van der Waals surface area contributed by atoms with Crippen molar-refractivity contribution in [2.45, 2.75) is 32.4 Å². The topological polar surface area (TPSA) is 15.3 Å². The van der Waals surface area contributed by atoms with E-state index in [1.807, 2.05) is 12.1 Å². The summed E-state index contributed by atoms with van der Waals surface area (Å²) in [5, 5.41) is 3.68. The molecule has 0 aliphatic carbocycles. The number of nitrogens with one attached hydrogen (secondary N) is 1. The SMILES string of the molecule is CCC1CC(NCc2ccccc2)CN(c2cccc(F)c2)C1. The van der Waals surface area contributed by atoms with Crippen LogP contribution in [-0.4, -0.2) is 19.1 Å². The van der Waals surface area contributed by atoms with Crippen molar-refractivity contribution >= 4 is 5.69 Å². The van der Waals surface area contributed by atoms with E-state index >= 15 is 0 Å². The van der Waals surface area contributed by atoms with Crippen molar-refractivity contribution in [1.29, 1.82) is 0 Å². The van der Waals surface area contributed by atoms with Gasteiger partial charge in [-0.2, -0.15) is 0 Å². The van der Waals surface area contributed by atoms with Crippen molar-refractivity contribution in [2.24, 2.45) is 5.92 Å². The predicted molar refractivity (Wildman–Crippen MR) is 94.1 cm³/mol. The number of hydrogen-bond acceptors (Lipinski definition) is 2. The van der Waals surface area contributed by atoms with Gasteiger partial charge in [0.05, 0.1) is 0 Å². The van der Waals surface area contributed by atoms with Crippen LogP contribution in [0.5, 0.6) is 0 Å². The van der Waals surface area contributed by atoms with Crippen molar-refractivity contribution in [2.75, 3.05) is 18.0 Å². The van der Waals surface area contributed by atoms with E-state index in [1.54, 1.807) is 12.1 Å². The number of benzene rings is 2. The fourth-order valence-corrected chi connectivity index (χ4v) is 3.39. The Morgan fingerprint density at radius 1 is 1.09 bits per heavy atom. The summed E-state index contributed by atoms with van der Waals surface area (Å²) in [6.07, 6.45) is 2.35. The van der Waals surface area contributed by atoms with Crippen LogP contribution in [0.4, 0.5) is 10.1 Å². The number of rotatable bonds is 5. The Morgan fingerprint density at radius 3 is 2.65 bits per heavy atom. The fourth-order valence-electron chi connectivity index (χ4n) is 3.39. The number of halogens is 1. The molecule has 2 unspecified atom stereocenters. The summed E-state index contributed by atoms with van der Waals surface area (Å²) in [6.45, 7) is 5.09. The van der Waals surface area contributed by atoms with Gasteiger partial charge < -0.3 is 10.2 Å². The van der Waals surface area contributed by atoms with Crippen molar-refractivity contribution in [3.63, 3.8) is 0 Å². The average molecular weight is 312 g/mol. The van der Waals surface area contributed by atoms with Gasteiger partial charge in [0.2, 0.25) is 0 Å². The molecule has 3 rings (SSSR count). The predicted octanol–water partition coefficient (Wildman–Crippen LogP) is 4.22. The summed E-state index contributed by atoms with van der Waals surface area (Å²) in [5.41, 5.74) is 2.30. The van der Waals surface area contributed by atoms with Gasteiger partial charge in [-0.1, -0.05) is 49.7 Å². The highest BCUT2D eigenvalue weighted by molar-refractivity contribution is 5.47. The van der Waals surface area contributed by atoms with Crippen molar-refractivity contribution in [3.8, 4) is 0 Å². The Kier molecular flexibility index (Phi) is 5.29. The zero-order valence-electron chi connectivity index (χ0n) is 13.7. The van der Waals surface area contributed by atoms with E-state index in [9.17, 15) is 4.39 Å². The second kappa shape index (κ2) is 7.60. The van der Waals surface area contributed by atoms with Crippen LogP contribution in [0.3, 0.4) is 0 Å². The van der Waals surface area contributed by atoms with Crippen molar-refractivity contribution in [1.82, 2.24) is 5.32 Å². The molecule has 0 bridgehead atoms. The Balaban J connectivity index is 1.66. The molecule has 122 valence electrons. The van der Waals surface area contributed by atoms with Gasteiger partial charge in [0.15, 0.2) is 0 Å². The van der Waals surface area contributed by atoms with Crippen molar-refractivity contribution < 1.29 is 4.39 Å². The lowest BCUT2D eigenvalue weighted by atomic mass is 9.91. The number of hydrogen-bond donors (Lipinski definition) is 1. The first-order valence-electron chi connectivity index (χ1n) is 8.52. The molecule has 3 heteroatoms. The van der Waals surface area contributed by atoms with E-state index in [4.69, 9.17) is 0 Å². The Labute approximate surface area is 138 Å². The molecule has 0 amide bonds. The van der Waals surface area contributed by atoms with Crippen LogP contribution in [0.25, 0.3) is 0 Å². The molecular formula is C20H25FN2. The molecule has 0 aromatic heterocycles. The Bertz CT molecular complexity index is 614. The second-order valence-corrected chi connectivity index (χ2v) is 6.46. The lowest BCUT2D eigenvalue weighted by Gasteiger charge is -2.39. The van der Waals surface area contributed by atoms with Crippen LogP contribution in [0, 0.1) is 11.7 Å². The molecule has 1 saturated heterocycles. The molecule has 0 radical (unpaired) electrons. The molecule has 1 aliphatic heterocycles. The van der Waals surface area contributed by atoms with Gasteiger partial charge in [0.1, 0.15) is 5.82 Å². The molecule has 0 spiro atoms. The first-order chi connectivity index (χ1) is 11.2. The zero-order valence-corrected chi connectivity index (χ0v) is 13.7. The molecule has 1 aliphatic rings. The van der Waals surface area contributed by atoms with E-state index in [2.05, 4.69) is 41.4 Å². The minimum Gasteiger partial charge on any atom is -0.370 e. The minimum absolute atomic E-state index is 0.157. The average Bonchev–Trinajstić information content (AvgIpc) is 2.60. The van der Waals surface area contributed by atoms with E-state index in [1.165, 1.54) is 18.1 Å². The molecule has 2 atom stereocenters. The van der Waals surface area contributed by atoms with Crippen LogP contribution in [0.15, 0.2) is 54.6 Å². The first kappa shape index (κ1) is 16.0. The van der Waals surface area contributed by atoms with E-state index in [-0.39, 0.29) is 5.82 Å². The highest BCUT2D eigenvalue weighted by atomic mass is 19.1. The minimum atomic E-state index is -0.157. The molecule has 1 heterocycles. The van der Waals surface area contributed by atoms with Crippen LogP contribution >= 0.6 is 0 Å². The molecule has 2 nitrogen and oxygen atoms in total. The van der Waals surface area contributed by atoms with Crippen LogP contribution in [0.1, 0.15) is 25.3 Å². The largest absolute Gasteiger partial charge is 0.370 e. The molecule has 1 fully saturated rings. The highest BCUT2D eigenvalue weighted by Gasteiger charge is 2.26. The summed E-state index contributed by atoms with van der Waals surface area (Å²) in [4.78, 5) is 2.32. The van der Waals surface area contributed by atoms with Crippen molar-refractivity contribution in [3.05, 3.63) is 66.0 Å². The maximum atomic E-state index is 13.5. The third-order valence-corrected chi connectivity index (χ3v) is 4.73. The summed E-state index contributed by atoms with van der Waals surface area (Å²) in [6, 6.07) is 17.9. The summed E-state index contributed by atoms with van der Waals surface area (Å²) < 4.78 is 13.5. The molecule has 2 aromatic carbocycles. The quantitative estimate of drug-likeness (QED) is 0.889. The zero-order chi connectivity index (χ0) is 16.1. The third kappa shape index (κ3) is 4.32. The van der Waals surface area contributed by atoms with Gasteiger partial charge in [0, 0.05) is 31.4 Å². The van der Waals surface area contributed by atoms with Gasteiger partial charge in [-0.05, 0) is 36.1 Å². The van der Waals surface area contributed by atoms with Crippen LogP contribution in [0.2, 0.25) is 0 Å². The first-order valence-corrected chi connectivity index (χ1v) is 8.52. The van der Waals surface area contributed by atoms with Gasteiger partial charge in [-0.15, -0.1) is 0 Å².